The minimum absolute atomic E-state index is 0.275. The third kappa shape index (κ3) is 3.45. The van der Waals surface area contributed by atoms with Gasteiger partial charge in [-0.15, -0.1) is 11.3 Å². The molecule has 9 heteroatoms. The van der Waals surface area contributed by atoms with Gasteiger partial charge < -0.3 is 9.47 Å². The van der Waals surface area contributed by atoms with Crippen molar-refractivity contribution in [3.8, 4) is 22.8 Å². The molecule has 1 aromatic carbocycles. The van der Waals surface area contributed by atoms with Crippen molar-refractivity contribution in [1.29, 1.82) is 0 Å². The van der Waals surface area contributed by atoms with E-state index in [1.54, 1.807) is 27.3 Å². The fraction of sp³-hybridized carbons (Fsp3) is 0.188. The van der Waals surface area contributed by atoms with E-state index in [4.69, 9.17) is 21.1 Å². The number of ether oxygens (including phenoxy) is 2. The lowest BCUT2D eigenvalue weighted by Gasteiger charge is -2.08. The van der Waals surface area contributed by atoms with Crippen LogP contribution in [0.4, 0.5) is 5.13 Å². The highest BCUT2D eigenvalue weighted by Crippen LogP contribution is 2.35. The lowest BCUT2D eigenvalue weighted by atomic mass is 10.1. The molecule has 0 aliphatic carbocycles. The zero-order valence-electron chi connectivity index (χ0n) is 13.7. The first-order chi connectivity index (χ1) is 12.0. The van der Waals surface area contributed by atoms with E-state index in [-0.39, 0.29) is 16.6 Å². The topological polar surface area (TPSA) is 78.3 Å². The average molecular weight is 379 g/mol. The smallest absolute Gasteiger partial charge is 0.277 e. The standard InChI is InChI=1S/C16H15ClN4O3S/c1-21-14(11(17)7-18-21)15(22)20-16-19-12(8-25-16)10-6-9(23-2)4-5-13(10)24-3/h4-8H,1-3H3,(H,19,20,22). The maximum atomic E-state index is 12.4. The predicted octanol–water partition coefficient (Wildman–Crippen LogP) is 3.47. The van der Waals surface area contributed by atoms with E-state index in [0.29, 0.717) is 22.3 Å². The summed E-state index contributed by atoms with van der Waals surface area (Å²) >= 11 is 7.29. The molecule has 1 amide bonds. The second-order valence-corrected chi connectivity index (χ2v) is 6.29. The van der Waals surface area contributed by atoms with Crippen LogP contribution in [-0.2, 0) is 7.05 Å². The summed E-state index contributed by atoms with van der Waals surface area (Å²) in [7, 11) is 4.83. The Kier molecular flexibility index (Phi) is 4.91. The van der Waals surface area contributed by atoms with Gasteiger partial charge in [0.25, 0.3) is 5.91 Å². The first-order valence-corrected chi connectivity index (χ1v) is 8.46. The molecule has 0 aliphatic rings. The number of methoxy groups -OCH3 is 2. The van der Waals surface area contributed by atoms with Gasteiger partial charge in [-0.25, -0.2) is 4.98 Å². The van der Waals surface area contributed by atoms with Gasteiger partial charge in [0.15, 0.2) is 5.13 Å². The Hall–Kier alpha value is -2.58. The number of aromatic nitrogens is 3. The van der Waals surface area contributed by atoms with Gasteiger partial charge in [-0.1, -0.05) is 11.6 Å². The number of aryl methyl sites for hydroxylation is 1. The number of nitrogens with zero attached hydrogens (tertiary/aromatic N) is 3. The summed E-state index contributed by atoms with van der Waals surface area (Å²) in [4.78, 5) is 16.8. The van der Waals surface area contributed by atoms with Gasteiger partial charge in [-0.2, -0.15) is 5.10 Å². The molecule has 3 aromatic rings. The van der Waals surface area contributed by atoms with Gasteiger partial charge in [-0.05, 0) is 18.2 Å². The van der Waals surface area contributed by atoms with Crippen molar-refractivity contribution in [2.24, 2.45) is 7.05 Å². The van der Waals surface area contributed by atoms with Crippen LogP contribution >= 0.6 is 22.9 Å². The average Bonchev–Trinajstić information content (AvgIpc) is 3.20. The monoisotopic (exact) mass is 378 g/mol. The molecule has 2 heterocycles. The van der Waals surface area contributed by atoms with Crippen molar-refractivity contribution >= 4 is 34.0 Å². The van der Waals surface area contributed by atoms with Crippen molar-refractivity contribution in [3.05, 3.63) is 40.5 Å². The second kappa shape index (κ2) is 7.12. The molecule has 0 unspecified atom stereocenters. The SMILES string of the molecule is COc1ccc(OC)c(-c2csc(NC(=O)c3c(Cl)cnn3C)n2)c1. The Labute approximate surface area is 153 Å². The van der Waals surface area contributed by atoms with Gasteiger partial charge >= 0.3 is 0 Å². The molecule has 0 bridgehead atoms. The van der Waals surface area contributed by atoms with Crippen LogP contribution < -0.4 is 14.8 Å². The van der Waals surface area contributed by atoms with Gasteiger partial charge in [0.1, 0.15) is 17.2 Å². The molecule has 3 rings (SSSR count). The number of anilines is 1. The summed E-state index contributed by atoms with van der Waals surface area (Å²) in [6, 6.07) is 5.44. The molecule has 0 saturated carbocycles. The lowest BCUT2D eigenvalue weighted by molar-refractivity contribution is 0.101. The van der Waals surface area contributed by atoms with Crippen LogP contribution in [0.5, 0.6) is 11.5 Å². The molecule has 0 radical (unpaired) electrons. The van der Waals surface area contributed by atoms with Crippen LogP contribution in [0.15, 0.2) is 29.8 Å². The summed E-state index contributed by atoms with van der Waals surface area (Å²) < 4.78 is 12.0. The number of carbonyl (C=O) groups excluding carboxylic acids is 1. The molecule has 0 saturated heterocycles. The Balaban J connectivity index is 1.87. The normalized spacial score (nSPS) is 10.6. The molecule has 0 aliphatic heterocycles. The fourth-order valence-corrected chi connectivity index (χ4v) is 3.25. The van der Waals surface area contributed by atoms with Crippen LogP contribution in [0.3, 0.4) is 0 Å². The number of hydrogen-bond acceptors (Lipinski definition) is 6. The number of carbonyl (C=O) groups is 1. The largest absolute Gasteiger partial charge is 0.497 e. The number of thiazole rings is 1. The molecule has 0 atom stereocenters. The van der Waals surface area contributed by atoms with Crippen molar-refractivity contribution in [2.45, 2.75) is 0 Å². The predicted molar refractivity (Wildman–Crippen MR) is 96.8 cm³/mol. The summed E-state index contributed by atoms with van der Waals surface area (Å²) in [5, 5.41) is 9.24. The van der Waals surface area contributed by atoms with E-state index in [1.165, 1.54) is 22.2 Å². The van der Waals surface area contributed by atoms with E-state index in [9.17, 15) is 4.79 Å². The van der Waals surface area contributed by atoms with Crippen LogP contribution in [0, 0.1) is 0 Å². The minimum Gasteiger partial charge on any atom is -0.497 e. The highest BCUT2D eigenvalue weighted by Gasteiger charge is 2.18. The third-order valence-corrected chi connectivity index (χ3v) is 4.55. The number of rotatable bonds is 5. The van der Waals surface area contributed by atoms with Gasteiger partial charge in [0, 0.05) is 18.0 Å². The highest BCUT2D eigenvalue weighted by molar-refractivity contribution is 7.14. The Morgan fingerprint density at radius 3 is 2.76 bits per heavy atom. The van der Waals surface area contributed by atoms with Crippen molar-refractivity contribution < 1.29 is 14.3 Å². The van der Waals surface area contributed by atoms with Crippen molar-refractivity contribution in [1.82, 2.24) is 14.8 Å². The highest BCUT2D eigenvalue weighted by atomic mass is 35.5. The first-order valence-electron chi connectivity index (χ1n) is 7.20. The quantitative estimate of drug-likeness (QED) is 0.735. The number of benzene rings is 1. The Bertz CT molecular complexity index is 902. The maximum Gasteiger partial charge on any atom is 0.277 e. The zero-order chi connectivity index (χ0) is 18.0. The van der Waals surface area contributed by atoms with Gasteiger partial charge in [0.05, 0.1) is 31.1 Å². The second-order valence-electron chi connectivity index (χ2n) is 5.02. The van der Waals surface area contributed by atoms with Crippen LogP contribution in [0.2, 0.25) is 5.02 Å². The van der Waals surface area contributed by atoms with Crippen LogP contribution in [0.1, 0.15) is 10.5 Å². The van der Waals surface area contributed by atoms with Gasteiger partial charge in [-0.3, -0.25) is 14.8 Å². The van der Waals surface area contributed by atoms with E-state index in [2.05, 4.69) is 15.4 Å². The molecule has 7 nitrogen and oxygen atoms in total. The fourth-order valence-electron chi connectivity index (χ4n) is 2.29. The zero-order valence-corrected chi connectivity index (χ0v) is 15.3. The third-order valence-electron chi connectivity index (χ3n) is 3.52. The van der Waals surface area contributed by atoms with Crippen LogP contribution in [-0.4, -0.2) is 34.9 Å². The molecule has 25 heavy (non-hydrogen) atoms. The molecular weight excluding hydrogens is 364 g/mol. The first kappa shape index (κ1) is 17.2. The summed E-state index contributed by atoms with van der Waals surface area (Å²) in [5.41, 5.74) is 1.72. The summed E-state index contributed by atoms with van der Waals surface area (Å²) in [6.45, 7) is 0. The molecule has 130 valence electrons. The molecular formula is C16H15ClN4O3S. The molecule has 1 N–H and O–H groups in total. The van der Waals surface area contributed by atoms with E-state index >= 15 is 0 Å². The van der Waals surface area contributed by atoms with Gasteiger partial charge in [0.2, 0.25) is 0 Å². The van der Waals surface area contributed by atoms with Crippen LogP contribution in [0.25, 0.3) is 11.3 Å². The van der Waals surface area contributed by atoms with Crippen molar-refractivity contribution in [3.63, 3.8) is 0 Å². The number of nitrogens with one attached hydrogen (secondary N) is 1. The summed E-state index contributed by atoms with van der Waals surface area (Å²) in [5.74, 6) is 0.984. The minimum atomic E-state index is -0.372. The Morgan fingerprint density at radius 1 is 1.32 bits per heavy atom. The lowest BCUT2D eigenvalue weighted by Crippen LogP contribution is -2.16. The van der Waals surface area contributed by atoms with Crippen molar-refractivity contribution in [2.75, 3.05) is 19.5 Å². The number of hydrogen-bond donors (Lipinski definition) is 1. The molecule has 0 fully saturated rings. The Morgan fingerprint density at radius 2 is 2.12 bits per heavy atom. The van der Waals surface area contributed by atoms with E-state index in [1.807, 2.05) is 17.5 Å². The van der Waals surface area contributed by atoms with E-state index < -0.39 is 0 Å². The maximum absolute atomic E-state index is 12.4. The molecule has 2 aromatic heterocycles. The molecule has 0 spiro atoms. The number of halogens is 1. The number of amides is 1. The summed E-state index contributed by atoms with van der Waals surface area (Å²) in [6.07, 6.45) is 1.42. The van der Waals surface area contributed by atoms with E-state index in [0.717, 1.165) is 5.56 Å².